The zero-order valence-corrected chi connectivity index (χ0v) is 13.2. The van der Waals surface area contributed by atoms with Crippen molar-refractivity contribution in [3.05, 3.63) is 34.9 Å². The summed E-state index contributed by atoms with van der Waals surface area (Å²) >= 11 is 7.98. The minimum absolute atomic E-state index is 0.432. The van der Waals surface area contributed by atoms with Crippen LogP contribution in [-0.2, 0) is 0 Å². The Morgan fingerprint density at radius 2 is 1.89 bits per heavy atom. The van der Waals surface area contributed by atoms with Crippen LogP contribution in [0.5, 0.6) is 0 Å². The van der Waals surface area contributed by atoms with Gasteiger partial charge in [0.1, 0.15) is 0 Å². The molecule has 1 rings (SSSR count). The van der Waals surface area contributed by atoms with Crippen LogP contribution in [-0.4, -0.2) is 17.5 Å². The summed E-state index contributed by atoms with van der Waals surface area (Å²) in [6.07, 6.45) is 2.39. The SMILES string of the molecule is CCCNC(CSC(C)CC)c1ccc(Cl)cc1. The molecule has 0 spiro atoms. The van der Waals surface area contributed by atoms with Gasteiger partial charge in [0, 0.05) is 22.1 Å². The number of hydrogen-bond donors (Lipinski definition) is 1. The van der Waals surface area contributed by atoms with Crippen molar-refractivity contribution < 1.29 is 0 Å². The molecule has 3 heteroatoms. The van der Waals surface area contributed by atoms with Crippen LogP contribution >= 0.6 is 23.4 Å². The van der Waals surface area contributed by atoms with Crippen molar-refractivity contribution in [1.29, 1.82) is 0 Å². The topological polar surface area (TPSA) is 12.0 Å². The van der Waals surface area contributed by atoms with E-state index in [1.165, 1.54) is 12.0 Å². The van der Waals surface area contributed by atoms with E-state index in [1.54, 1.807) is 0 Å². The summed E-state index contributed by atoms with van der Waals surface area (Å²) in [6.45, 7) is 7.81. The van der Waals surface area contributed by atoms with Gasteiger partial charge in [-0.1, -0.05) is 44.5 Å². The first-order chi connectivity index (χ1) is 8.67. The fourth-order valence-corrected chi connectivity index (χ4v) is 2.86. The Labute approximate surface area is 121 Å². The maximum atomic E-state index is 5.95. The van der Waals surface area contributed by atoms with Gasteiger partial charge in [-0.15, -0.1) is 0 Å². The molecule has 0 aliphatic carbocycles. The average molecular weight is 286 g/mol. The molecule has 0 aromatic heterocycles. The highest BCUT2D eigenvalue weighted by molar-refractivity contribution is 7.99. The second kappa shape index (κ2) is 8.84. The van der Waals surface area contributed by atoms with Gasteiger partial charge in [-0.25, -0.2) is 0 Å². The number of benzene rings is 1. The first-order valence-electron chi connectivity index (χ1n) is 6.77. The lowest BCUT2D eigenvalue weighted by atomic mass is 10.1. The van der Waals surface area contributed by atoms with Crippen molar-refractivity contribution in [1.82, 2.24) is 5.32 Å². The van der Waals surface area contributed by atoms with Gasteiger partial charge in [-0.3, -0.25) is 0 Å². The Hall–Kier alpha value is -0.180. The molecule has 102 valence electrons. The molecule has 2 atom stereocenters. The smallest absolute Gasteiger partial charge is 0.0411 e. The van der Waals surface area contributed by atoms with Crippen LogP contribution in [0, 0.1) is 0 Å². The Morgan fingerprint density at radius 1 is 1.22 bits per heavy atom. The van der Waals surface area contributed by atoms with Gasteiger partial charge >= 0.3 is 0 Å². The van der Waals surface area contributed by atoms with Crippen LogP contribution < -0.4 is 5.32 Å². The fourth-order valence-electron chi connectivity index (χ4n) is 1.67. The van der Waals surface area contributed by atoms with Crippen molar-refractivity contribution in [2.45, 2.75) is 44.9 Å². The minimum Gasteiger partial charge on any atom is -0.309 e. The predicted molar refractivity (Wildman–Crippen MR) is 84.7 cm³/mol. The van der Waals surface area contributed by atoms with E-state index < -0.39 is 0 Å². The lowest BCUT2D eigenvalue weighted by Gasteiger charge is -2.20. The van der Waals surface area contributed by atoms with E-state index in [2.05, 4.69) is 38.2 Å². The lowest BCUT2D eigenvalue weighted by Crippen LogP contribution is -2.24. The molecule has 0 saturated carbocycles. The molecule has 0 heterocycles. The molecule has 1 aromatic rings. The normalized spacial score (nSPS) is 14.4. The highest BCUT2D eigenvalue weighted by atomic mass is 35.5. The molecule has 1 N–H and O–H groups in total. The molecule has 0 saturated heterocycles. The van der Waals surface area contributed by atoms with Gasteiger partial charge in [0.05, 0.1) is 0 Å². The van der Waals surface area contributed by atoms with E-state index in [4.69, 9.17) is 11.6 Å². The number of nitrogens with one attached hydrogen (secondary N) is 1. The van der Waals surface area contributed by atoms with Crippen LogP contribution in [0.15, 0.2) is 24.3 Å². The highest BCUT2D eigenvalue weighted by Gasteiger charge is 2.12. The summed E-state index contributed by atoms with van der Waals surface area (Å²) in [5.41, 5.74) is 1.34. The maximum absolute atomic E-state index is 5.95. The molecular weight excluding hydrogens is 262 g/mol. The Bertz CT molecular complexity index is 326. The summed E-state index contributed by atoms with van der Waals surface area (Å²) in [4.78, 5) is 0. The summed E-state index contributed by atoms with van der Waals surface area (Å²) in [5, 5.41) is 5.15. The largest absolute Gasteiger partial charge is 0.309 e. The second-order valence-corrected chi connectivity index (χ2v) is 6.52. The van der Waals surface area contributed by atoms with Crippen LogP contribution in [0.3, 0.4) is 0 Å². The summed E-state index contributed by atoms with van der Waals surface area (Å²) in [7, 11) is 0. The Balaban J connectivity index is 2.62. The van der Waals surface area contributed by atoms with Crippen molar-refractivity contribution in [2.75, 3.05) is 12.3 Å². The first-order valence-corrected chi connectivity index (χ1v) is 8.20. The van der Waals surface area contributed by atoms with E-state index >= 15 is 0 Å². The quantitative estimate of drug-likeness (QED) is 0.728. The molecule has 0 aliphatic heterocycles. The van der Waals surface area contributed by atoms with E-state index in [1.807, 2.05) is 23.9 Å². The molecule has 0 bridgehead atoms. The van der Waals surface area contributed by atoms with E-state index in [9.17, 15) is 0 Å². The molecular formula is C15H24ClNS. The summed E-state index contributed by atoms with van der Waals surface area (Å²) in [6, 6.07) is 8.65. The number of thioether (sulfide) groups is 1. The Kier molecular flexibility index (Phi) is 7.80. The standard InChI is InChI=1S/C15H24ClNS/c1-4-10-17-15(11-18-12(3)5-2)13-6-8-14(16)9-7-13/h6-9,12,15,17H,4-5,10-11H2,1-3H3. The van der Waals surface area contributed by atoms with Crippen molar-refractivity contribution in [2.24, 2.45) is 0 Å². The monoisotopic (exact) mass is 285 g/mol. The van der Waals surface area contributed by atoms with Crippen LogP contribution in [0.4, 0.5) is 0 Å². The molecule has 18 heavy (non-hydrogen) atoms. The van der Waals surface area contributed by atoms with Gasteiger partial charge in [0.25, 0.3) is 0 Å². The summed E-state index contributed by atoms with van der Waals surface area (Å²) in [5.74, 6) is 1.12. The minimum atomic E-state index is 0.432. The van der Waals surface area contributed by atoms with E-state index in [0.717, 1.165) is 29.0 Å². The molecule has 1 nitrogen and oxygen atoms in total. The number of hydrogen-bond acceptors (Lipinski definition) is 2. The Morgan fingerprint density at radius 3 is 2.44 bits per heavy atom. The van der Waals surface area contributed by atoms with Crippen LogP contribution in [0.1, 0.15) is 45.2 Å². The average Bonchev–Trinajstić information content (AvgIpc) is 2.40. The third kappa shape index (κ3) is 5.64. The van der Waals surface area contributed by atoms with Crippen LogP contribution in [0.25, 0.3) is 0 Å². The van der Waals surface area contributed by atoms with E-state index in [0.29, 0.717) is 6.04 Å². The third-order valence-corrected chi connectivity index (χ3v) is 4.72. The van der Waals surface area contributed by atoms with Gasteiger partial charge < -0.3 is 5.32 Å². The highest BCUT2D eigenvalue weighted by Crippen LogP contribution is 2.24. The van der Waals surface area contributed by atoms with Gasteiger partial charge in [-0.2, -0.15) is 11.8 Å². The van der Waals surface area contributed by atoms with Crippen LogP contribution in [0.2, 0.25) is 5.02 Å². The molecule has 0 aliphatic rings. The maximum Gasteiger partial charge on any atom is 0.0411 e. The molecule has 2 unspecified atom stereocenters. The fraction of sp³-hybridized carbons (Fsp3) is 0.600. The van der Waals surface area contributed by atoms with E-state index in [-0.39, 0.29) is 0 Å². The number of halogens is 1. The lowest BCUT2D eigenvalue weighted by molar-refractivity contribution is 0.576. The summed E-state index contributed by atoms with van der Waals surface area (Å²) < 4.78 is 0. The first kappa shape index (κ1) is 15.9. The second-order valence-electron chi connectivity index (χ2n) is 4.61. The van der Waals surface area contributed by atoms with Crippen molar-refractivity contribution >= 4 is 23.4 Å². The van der Waals surface area contributed by atoms with Gasteiger partial charge in [0.15, 0.2) is 0 Å². The zero-order chi connectivity index (χ0) is 13.4. The number of rotatable bonds is 8. The van der Waals surface area contributed by atoms with Crippen molar-refractivity contribution in [3.8, 4) is 0 Å². The molecule has 0 radical (unpaired) electrons. The van der Waals surface area contributed by atoms with Gasteiger partial charge in [0.2, 0.25) is 0 Å². The zero-order valence-electron chi connectivity index (χ0n) is 11.6. The molecule has 1 aromatic carbocycles. The molecule has 0 amide bonds. The third-order valence-electron chi connectivity index (χ3n) is 3.04. The predicted octanol–water partition coefficient (Wildman–Crippen LogP) is 4.91. The van der Waals surface area contributed by atoms with Crippen molar-refractivity contribution in [3.63, 3.8) is 0 Å². The van der Waals surface area contributed by atoms with Gasteiger partial charge in [-0.05, 0) is 37.1 Å². The molecule has 0 fully saturated rings.